The molecule has 11 rings (SSSR count). The van der Waals surface area contributed by atoms with Gasteiger partial charge >= 0.3 is 11.9 Å². The van der Waals surface area contributed by atoms with Crippen molar-refractivity contribution in [3.63, 3.8) is 0 Å². The second kappa shape index (κ2) is 19.1. The lowest BCUT2D eigenvalue weighted by Gasteiger charge is -2.55. The Hall–Kier alpha value is -7.09. The standard InChI is InChI=1S/C54H55N3O21/c58-13-4-11-52-45(67)46(68)54(72,73)51(78-52,48(69)70)10-3-9-50(49(71)76-52)43(65)42(64)44(66)53(77-50)28(19-29-7-2-12-55-29)20-31(27-17-32-24-5-1-6-30(16-24)57-47(32)56-23-27)38-37(75-53)22-36-39(41(38)63)33(60)21-35(74-36)26-15-25(8-14-59)40(62)34(61)18-26/h1-2,6-7,12,15,17-18,20-24,30-31,42-47,55-59,61-68,72-73H,4-5,8-9,11,13-14,16,19H2,(H,69,70). The van der Waals surface area contributed by atoms with E-state index in [4.69, 9.17) is 23.4 Å². The number of carboxylic acid groups (broad SMARTS) is 1. The summed E-state index contributed by atoms with van der Waals surface area (Å²) in [7, 11) is 0. The second-order valence-corrected chi connectivity index (χ2v) is 20.6. The highest BCUT2D eigenvalue weighted by molar-refractivity contribution is 5.90. The molecule has 78 heavy (non-hydrogen) atoms. The molecule has 8 heterocycles. The first-order valence-corrected chi connectivity index (χ1v) is 25.1. The van der Waals surface area contributed by atoms with Crippen LogP contribution in [0.5, 0.6) is 23.0 Å². The van der Waals surface area contributed by atoms with Crippen molar-refractivity contribution < 1.29 is 99.3 Å². The maximum atomic E-state index is 15.3. The molecule has 0 amide bonds. The van der Waals surface area contributed by atoms with Gasteiger partial charge in [-0.2, -0.15) is 0 Å². The molecule has 1 aliphatic carbocycles. The van der Waals surface area contributed by atoms with Crippen molar-refractivity contribution in [2.45, 2.75) is 122 Å². The van der Waals surface area contributed by atoms with Crippen LogP contribution in [0.3, 0.4) is 0 Å². The molecule has 0 radical (unpaired) electrons. The second-order valence-electron chi connectivity index (χ2n) is 20.6. The average molecular weight is 1080 g/mol. The number of hydrogen-bond donors (Lipinski definition) is 16. The number of aromatic nitrogens is 1. The van der Waals surface area contributed by atoms with Crippen LogP contribution in [0.4, 0.5) is 0 Å². The van der Waals surface area contributed by atoms with Crippen molar-refractivity contribution in [2.75, 3.05) is 13.2 Å². The fraction of sp³-hybridized carbons (Fsp3) is 0.426. The summed E-state index contributed by atoms with van der Waals surface area (Å²) in [6, 6.07) is 7.98. The number of carboxylic acids is 1. The zero-order chi connectivity index (χ0) is 55.4. The molecule has 24 nitrogen and oxygen atoms in total. The zero-order valence-corrected chi connectivity index (χ0v) is 41.1. The van der Waals surface area contributed by atoms with E-state index in [1.165, 1.54) is 12.1 Å². The maximum absolute atomic E-state index is 15.3. The lowest BCUT2D eigenvalue weighted by Crippen LogP contribution is -2.79. The van der Waals surface area contributed by atoms with Crippen LogP contribution in [0.15, 0.2) is 99.0 Å². The Morgan fingerprint density at radius 1 is 0.910 bits per heavy atom. The first-order valence-electron chi connectivity index (χ1n) is 25.1. The summed E-state index contributed by atoms with van der Waals surface area (Å²) in [6.45, 7) is -1.16. The Labute approximate surface area is 441 Å². The quantitative estimate of drug-likeness (QED) is 0.0297. The Morgan fingerprint density at radius 3 is 2.44 bits per heavy atom. The number of benzene rings is 2. The van der Waals surface area contributed by atoms with Crippen molar-refractivity contribution in [1.82, 2.24) is 15.6 Å². The van der Waals surface area contributed by atoms with Gasteiger partial charge in [0.15, 0.2) is 29.1 Å². The summed E-state index contributed by atoms with van der Waals surface area (Å²) in [4.78, 5) is 46.0. The van der Waals surface area contributed by atoms with Gasteiger partial charge in [0.25, 0.3) is 11.4 Å². The number of allylic oxidation sites excluding steroid dienone is 4. The van der Waals surface area contributed by atoms with E-state index in [0.29, 0.717) is 17.7 Å². The number of fused-ring (bicyclic) bond motifs is 8. The molecule has 7 aliphatic rings. The number of H-pyrrole nitrogens is 1. The highest BCUT2D eigenvalue weighted by Gasteiger charge is 2.75. The number of rotatable bonds is 10. The normalized spacial score (nSPS) is 34.4. The number of phenols is 3. The number of esters is 1. The molecule has 24 heteroatoms. The van der Waals surface area contributed by atoms with Gasteiger partial charge in [-0.3, -0.25) is 10.1 Å². The molecule has 412 valence electrons. The van der Waals surface area contributed by atoms with Crippen molar-refractivity contribution >= 4 is 22.9 Å². The lowest BCUT2D eigenvalue weighted by atomic mass is 9.75. The largest absolute Gasteiger partial charge is 0.507 e. The highest BCUT2D eigenvalue weighted by atomic mass is 16.8. The molecule has 6 aliphatic heterocycles. The fourth-order valence-corrected chi connectivity index (χ4v) is 11.9. The van der Waals surface area contributed by atoms with Crippen LogP contribution in [0.25, 0.3) is 22.3 Å². The number of hydrogen-bond acceptors (Lipinski definition) is 22. The summed E-state index contributed by atoms with van der Waals surface area (Å²) in [5, 5.41) is 153. The van der Waals surface area contributed by atoms with E-state index in [9.17, 15) is 76.0 Å². The lowest BCUT2D eigenvalue weighted by molar-refractivity contribution is -0.430. The van der Waals surface area contributed by atoms with Gasteiger partial charge < -0.3 is 100 Å². The predicted octanol–water partition coefficient (Wildman–Crippen LogP) is -1.01. The van der Waals surface area contributed by atoms with Crippen LogP contribution >= 0.6 is 0 Å². The minimum Gasteiger partial charge on any atom is -0.507 e. The number of aromatic amines is 1. The minimum atomic E-state index is -3.96. The number of piperidine rings is 1. The molecular weight excluding hydrogens is 1030 g/mol. The van der Waals surface area contributed by atoms with Crippen molar-refractivity contribution in [2.24, 2.45) is 5.92 Å². The number of aliphatic hydroxyl groups is 9. The molecule has 16 N–H and O–H groups in total. The summed E-state index contributed by atoms with van der Waals surface area (Å²) >= 11 is 0. The van der Waals surface area contributed by atoms with Crippen molar-refractivity contribution in [3.05, 3.63) is 117 Å². The first-order chi connectivity index (χ1) is 37.1. The Balaban J connectivity index is 1.16. The number of aliphatic carboxylic acids is 1. The number of aliphatic hydroxyl groups excluding tert-OH is 7. The van der Waals surface area contributed by atoms with Gasteiger partial charge in [-0.1, -0.05) is 30.2 Å². The topological polar surface area (TPSA) is 404 Å². The number of phenolic OH excluding ortho intramolecular Hbond substituents is 3. The Morgan fingerprint density at radius 2 is 1.71 bits per heavy atom. The molecule has 4 bridgehead atoms. The third-order valence-corrected chi connectivity index (χ3v) is 15.9. The van der Waals surface area contributed by atoms with Gasteiger partial charge in [-0.05, 0) is 72.9 Å². The van der Waals surface area contributed by atoms with Gasteiger partial charge in [0.2, 0.25) is 17.2 Å². The summed E-state index contributed by atoms with van der Waals surface area (Å²) in [6.07, 6.45) is -4.38. The monoisotopic (exact) mass is 1080 g/mol. The summed E-state index contributed by atoms with van der Waals surface area (Å²) in [5.41, 5.74) is -6.44. The molecule has 2 aromatic heterocycles. The van der Waals surface area contributed by atoms with Crippen LogP contribution in [-0.4, -0.2) is 168 Å². The SMILES string of the molecule is O=C1OC2(CCCO)OC(C(=O)O)(C#CCC13OC1(Oc4cc5oc(-c6cc(O)c(O)c(CCO)c6)cc(=O)c5c(O)c4C(C4=CNC5NC6C=CCC(C6)C5=C4)C=C1Cc1ccc[nH]1)C(O)C(O)C3O)C(O)(O)C(O)C2O. The molecule has 0 saturated carbocycles. The smallest absolute Gasteiger partial charge is 0.354 e. The van der Waals surface area contributed by atoms with Crippen LogP contribution < -0.4 is 20.8 Å². The van der Waals surface area contributed by atoms with Gasteiger partial charge in [0.1, 0.15) is 46.5 Å². The molecule has 13 atom stereocenters. The highest BCUT2D eigenvalue weighted by Crippen LogP contribution is 2.55. The van der Waals surface area contributed by atoms with E-state index in [1.54, 1.807) is 24.5 Å². The van der Waals surface area contributed by atoms with Crippen LogP contribution in [0.2, 0.25) is 0 Å². The number of nitrogens with one attached hydrogen (secondary N) is 3. The molecule has 3 fully saturated rings. The van der Waals surface area contributed by atoms with E-state index < -0.39 is 143 Å². The number of carbonyl (C=O) groups is 2. The Kier molecular flexibility index (Phi) is 12.9. The van der Waals surface area contributed by atoms with Crippen molar-refractivity contribution in [1.29, 1.82) is 0 Å². The summed E-state index contributed by atoms with van der Waals surface area (Å²) < 4.78 is 31.4. The average Bonchev–Trinajstić information content (AvgIpc) is 4.08. The Bertz CT molecular complexity index is 3370. The van der Waals surface area contributed by atoms with E-state index in [1.807, 2.05) is 12.0 Å². The van der Waals surface area contributed by atoms with Gasteiger partial charge in [0.05, 0.1) is 12.6 Å². The third kappa shape index (κ3) is 7.95. The van der Waals surface area contributed by atoms with E-state index in [-0.39, 0.29) is 64.6 Å². The van der Waals surface area contributed by atoms with Crippen LogP contribution in [-0.2, 0) is 36.6 Å². The van der Waals surface area contributed by atoms with Gasteiger partial charge in [-0.25, -0.2) is 9.59 Å². The maximum Gasteiger partial charge on any atom is 0.354 e. The van der Waals surface area contributed by atoms with E-state index in [0.717, 1.165) is 30.2 Å². The zero-order valence-electron chi connectivity index (χ0n) is 41.1. The molecule has 13 unspecified atom stereocenters. The van der Waals surface area contributed by atoms with Crippen LogP contribution in [0.1, 0.15) is 54.8 Å². The van der Waals surface area contributed by atoms with Gasteiger partial charge in [0, 0.05) is 90.5 Å². The molecule has 2 spiro atoms. The summed E-state index contributed by atoms with van der Waals surface area (Å²) in [5.74, 6) is -13.5. The van der Waals surface area contributed by atoms with E-state index >= 15 is 4.79 Å². The molecular formula is C54H55N3O21. The number of aromatic hydroxyl groups is 3. The van der Waals surface area contributed by atoms with Gasteiger partial charge in [-0.15, -0.1) is 0 Å². The number of dihydropyridines is 1. The fourth-order valence-electron chi connectivity index (χ4n) is 11.9. The predicted molar refractivity (Wildman–Crippen MR) is 264 cm³/mol. The third-order valence-electron chi connectivity index (χ3n) is 15.9. The molecule has 2 aromatic carbocycles. The first kappa shape index (κ1) is 52.9. The van der Waals surface area contributed by atoms with Crippen molar-refractivity contribution in [3.8, 4) is 46.2 Å². The molecule has 3 saturated heterocycles. The molecule has 4 aromatic rings. The number of ether oxygens (including phenoxy) is 4. The number of carbonyl (C=O) groups excluding carboxylic acids is 1. The van der Waals surface area contributed by atoms with Crippen LogP contribution in [0, 0.1) is 17.8 Å². The minimum absolute atomic E-state index is 0.0463. The van der Waals surface area contributed by atoms with E-state index in [2.05, 4.69) is 33.7 Å².